The summed E-state index contributed by atoms with van der Waals surface area (Å²) in [6.45, 7) is 13.0. The van der Waals surface area contributed by atoms with E-state index in [1.165, 1.54) is 295 Å². The number of thioether (sulfide) groups is 1. The van der Waals surface area contributed by atoms with Crippen molar-refractivity contribution in [3.63, 3.8) is 0 Å². The van der Waals surface area contributed by atoms with Gasteiger partial charge >= 0.3 is 9.28 Å². The Bertz CT molecular complexity index is 1010. The molecule has 0 amide bonds. The van der Waals surface area contributed by atoms with Crippen LogP contribution in [-0.4, -0.2) is 72.4 Å². The van der Waals surface area contributed by atoms with Crippen molar-refractivity contribution < 1.29 is 23.1 Å². The molecule has 0 bridgehead atoms. The average Bonchev–Trinajstić information content (AvgIpc) is 3.41. The fourth-order valence-corrected chi connectivity index (χ4v) is 13.6. The molecule has 0 saturated carbocycles. The van der Waals surface area contributed by atoms with Gasteiger partial charge in [-0.15, -0.1) is 0 Å². The number of unbranched alkanes of at least 4 members (excludes halogenated alkanes) is 43. The first-order valence-electron chi connectivity index (χ1n) is 33.8. The van der Waals surface area contributed by atoms with E-state index in [2.05, 4.69) is 40.1 Å². The van der Waals surface area contributed by atoms with Crippen molar-refractivity contribution in [3.05, 3.63) is 0 Å². The second-order valence-corrected chi connectivity index (χ2v) is 26.4. The molecule has 8 heteroatoms. The quantitative estimate of drug-likeness (QED) is 0.0481. The molecule has 0 aliphatic carbocycles. The van der Waals surface area contributed by atoms with Gasteiger partial charge in [0, 0.05) is 24.3 Å². The maximum atomic E-state index is 12.8. The second kappa shape index (κ2) is 63.9. The zero-order chi connectivity index (χ0) is 53.6. The van der Waals surface area contributed by atoms with Crippen LogP contribution < -0.4 is 5.32 Å². The lowest BCUT2D eigenvalue weighted by molar-refractivity contribution is -0.111. The summed E-state index contributed by atoms with van der Waals surface area (Å²) in [6.07, 6.45) is 68.7. The molecule has 1 atom stereocenters. The molecule has 0 aliphatic heterocycles. The summed E-state index contributed by atoms with van der Waals surface area (Å²) in [6, 6.07) is 0.941. The topological polar surface area (TPSA) is 66.0 Å². The van der Waals surface area contributed by atoms with Gasteiger partial charge in [-0.2, -0.15) is 0 Å². The number of hydrogen-bond acceptors (Lipinski definition) is 7. The number of ether oxygens (including phenoxy) is 2. The molecule has 0 spiro atoms. The lowest BCUT2D eigenvalue weighted by Crippen LogP contribution is -2.49. The monoisotopic (exact) mass is 1080 g/mol. The zero-order valence-corrected chi connectivity index (χ0v) is 53.2. The highest BCUT2D eigenvalue weighted by Gasteiger charge is 2.30. The Balaban J connectivity index is 5.02. The van der Waals surface area contributed by atoms with E-state index >= 15 is 0 Å². The summed E-state index contributed by atoms with van der Waals surface area (Å²) < 4.78 is 25.2. The average molecular weight is 1080 g/mol. The highest BCUT2D eigenvalue weighted by atomic mass is 32.2. The predicted molar refractivity (Wildman–Crippen MR) is 333 cm³/mol. The summed E-state index contributed by atoms with van der Waals surface area (Å²) in [5.41, 5.74) is -0.00866. The fraction of sp³-hybridized carbons (Fsp3) is 0.985. The van der Waals surface area contributed by atoms with E-state index in [1.807, 2.05) is 0 Å². The molecule has 0 aromatic rings. The van der Waals surface area contributed by atoms with Crippen LogP contribution in [0.2, 0.25) is 6.04 Å². The van der Waals surface area contributed by atoms with Crippen LogP contribution in [0.15, 0.2) is 0 Å². The van der Waals surface area contributed by atoms with E-state index in [0.717, 1.165) is 57.1 Å². The molecule has 0 radical (unpaired) electrons. The van der Waals surface area contributed by atoms with Gasteiger partial charge in [0.2, 0.25) is 0 Å². The summed E-state index contributed by atoms with van der Waals surface area (Å²) in [4.78, 5) is 12.8. The Morgan fingerprint density at radius 3 is 1.03 bits per heavy atom. The van der Waals surface area contributed by atoms with Crippen molar-refractivity contribution in [3.8, 4) is 0 Å². The van der Waals surface area contributed by atoms with Gasteiger partial charge in [0.05, 0.1) is 33.0 Å². The van der Waals surface area contributed by atoms with Crippen LogP contribution >= 0.6 is 11.8 Å². The standard InChI is InChI=1S/C66H135NO5SSi/c1-6-10-14-17-20-23-25-27-29-31-33-35-37-39-42-45-48-51-55-66(67-5,56-52-49-46-43-40-38-36-34-32-30-28-26-24-21-18-15-11-7-2)64-72-74(71-61-60-70-59-58-69-57-13-9-4)63-53-62-73-65(68)54-50-47-44-41-22-19-16-12-8-3/h67,74H,6-64H2,1-5H3. The molecular weight excluding hydrogens is 947 g/mol. The molecule has 0 saturated heterocycles. The first kappa shape index (κ1) is 74.0. The molecule has 0 fully saturated rings. The molecule has 0 aromatic heterocycles. The number of carbonyl (C=O) groups is 1. The van der Waals surface area contributed by atoms with Crippen LogP contribution in [-0.2, 0) is 23.1 Å². The van der Waals surface area contributed by atoms with Crippen LogP contribution in [0.25, 0.3) is 0 Å². The fourth-order valence-electron chi connectivity index (χ4n) is 10.7. The van der Waals surface area contributed by atoms with Crippen molar-refractivity contribution in [2.45, 2.75) is 367 Å². The number of likely N-dealkylation sites (N-methyl/N-ethyl adjacent to an activating group) is 1. The largest absolute Gasteiger partial charge is 0.395 e. The molecule has 0 aromatic carbocycles. The van der Waals surface area contributed by atoms with Gasteiger partial charge in [0.25, 0.3) is 0 Å². The van der Waals surface area contributed by atoms with Crippen LogP contribution in [0.1, 0.15) is 355 Å². The minimum Gasteiger partial charge on any atom is -0.395 e. The highest BCUT2D eigenvalue weighted by molar-refractivity contribution is 8.13. The lowest BCUT2D eigenvalue weighted by Gasteiger charge is -2.35. The second-order valence-electron chi connectivity index (χ2n) is 23.2. The van der Waals surface area contributed by atoms with E-state index in [1.54, 1.807) is 11.8 Å². The third-order valence-corrected chi connectivity index (χ3v) is 19.0. The van der Waals surface area contributed by atoms with Crippen LogP contribution in [0.3, 0.4) is 0 Å². The van der Waals surface area contributed by atoms with Crippen molar-refractivity contribution >= 4 is 26.2 Å². The maximum absolute atomic E-state index is 12.8. The summed E-state index contributed by atoms with van der Waals surface area (Å²) >= 11 is 1.55. The first-order chi connectivity index (χ1) is 36.6. The summed E-state index contributed by atoms with van der Waals surface area (Å²) in [5.74, 6) is 0.869. The van der Waals surface area contributed by atoms with Gasteiger partial charge in [-0.25, -0.2) is 0 Å². The number of carbonyl (C=O) groups excluding carboxylic acids is 1. The van der Waals surface area contributed by atoms with Crippen molar-refractivity contribution in [1.82, 2.24) is 5.32 Å². The molecule has 1 unspecified atom stereocenters. The third-order valence-electron chi connectivity index (χ3n) is 16.0. The van der Waals surface area contributed by atoms with Crippen molar-refractivity contribution in [1.29, 1.82) is 0 Å². The van der Waals surface area contributed by atoms with E-state index in [4.69, 9.17) is 18.3 Å². The lowest BCUT2D eigenvalue weighted by atomic mass is 9.87. The maximum Gasteiger partial charge on any atom is 0.321 e. The molecule has 0 aliphatic rings. The van der Waals surface area contributed by atoms with Gasteiger partial charge < -0.3 is 23.6 Å². The Kier molecular flexibility index (Phi) is 63.9. The SMILES string of the molecule is CCCCCCCCCCCCCCCCCCCCC(CCCCCCCCCCCCCCCCCCCC)(CO[SiH](CCCSC(=O)CCCCCCCCCCC)OCCOCCOCCCC)NC. The molecule has 74 heavy (non-hydrogen) atoms. The summed E-state index contributed by atoms with van der Waals surface area (Å²) in [5, 5.41) is 4.24. The molecule has 1 N–H and O–H groups in total. The van der Waals surface area contributed by atoms with E-state index < -0.39 is 9.28 Å². The van der Waals surface area contributed by atoms with Crippen LogP contribution in [0, 0.1) is 0 Å². The van der Waals surface area contributed by atoms with Gasteiger partial charge in [-0.05, 0) is 45.2 Å². The number of rotatable bonds is 66. The zero-order valence-electron chi connectivity index (χ0n) is 51.2. The van der Waals surface area contributed by atoms with Gasteiger partial charge in [0.1, 0.15) is 0 Å². The molecular formula is C66H135NO5SSi. The van der Waals surface area contributed by atoms with Crippen molar-refractivity contribution in [2.24, 2.45) is 0 Å². The van der Waals surface area contributed by atoms with Gasteiger partial charge in [-0.1, -0.05) is 328 Å². The first-order valence-corrected chi connectivity index (χ1v) is 36.5. The predicted octanol–water partition coefficient (Wildman–Crippen LogP) is 21.5. The number of hydrogen-bond donors (Lipinski definition) is 1. The smallest absolute Gasteiger partial charge is 0.321 e. The minimum absolute atomic E-state index is 0.00866. The third kappa shape index (κ3) is 56.7. The van der Waals surface area contributed by atoms with Crippen molar-refractivity contribution in [2.75, 3.05) is 52.4 Å². The Hall–Kier alpha value is 0.0369. The Morgan fingerprint density at radius 1 is 0.365 bits per heavy atom. The van der Waals surface area contributed by atoms with E-state index in [-0.39, 0.29) is 5.54 Å². The minimum atomic E-state index is -1.97. The van der Waals surface area contributed by atoms with Crippen LogP contribution in [0.5, 0.6) is 0 Å². The van der Waals surface area contributed by atoms with Gasteiger partial charge in [0.15, 0.2) is 5.12 Å². The Labute approximate surface area is 471 Å². The van der Waals surface area contributed by atoms with E-state index in [9.17, 15) is 4.79 Å². The number of nitrogens with one attached hydrogen (secondary N) is 1. The molecule has 6 nitrogen and oxygen atoms in total. The normalized spacial score (nSPS) is 12.4. The van der Waals surface area contributed by atoms with E-state index in [0.29, 0.717) is 31.5 Å². The molecule has 0 heterocycles. The Morgan fingerprint density at radius 2 is 0.676 bits per heavy atom. The highest BCUT2D eigenvalue weighted by Crippen LogP contribution is 2.26. The summed E-state index contributed by atoms with van der Waals surface area (Å²) in [7, 11) is 0.219. The molecule has 444 valence electrons. The molecule has 0 rings (SSSR count). The van der Waals surface area contributed by atoms with Crippen LogP contribution in [0.4, 0.5) is 0 Å². The van der Waals surface area contributed by atoms with Gasteiger partial charge in [-0.3, -0.25) is 4.79 Å².